The zero-order valence-corrected chi connectivity index (χ0v) is 18.3. The molecule has 2 rings (SSSR count). The molecule has 3 N–H and O–H groups in total. The van der Waals surface area contributed by atoms with E-state index in [1.807, 2.05) is 36.4 Å². The molecule has 0 atom stereocenters. The van der Waals surface area contributed by atoms with Gasteiger partial charge in [-0.3, -0.25) is 9.52 Å². The molecule has 0 saturated heterocycles. The fourth-order valence-corrected chi connectivity index (χ4v) is 3.23. The Bertz CT molecular complexity index is 785. The van der Waals surface area contributed by atoms with Crippen LogP contribution in [0, 0.1) is 0 Å². The van der Waals surface area contributed by atoms with Gasteiger partial charge in [0.15, 0.2) is 0 Å². The van der Waals surface area contributed by atoms with Crippen LogP contribution in [-0.4, -0.2) is 17.5 Å². The topological polar surface area (TPSA) is 70.2 Å². The lowest BCUT2D eigenvalue weighted by molar-refractivity contribution is 0.246. The summed E-state index contributed by atoms with van der Waals surface area (Å²) in [7, 11) is 0. The molecule has 0 aliphatic heterocycles. The second kappa shape index (κ2) is 10.4. The van der Waals surface area contributed by atoms with Crippen molar-refractivity contribution in [3.05, 3.63) is 65.2 Å². The first kappa shape index (κ1) is 22.2. The summed E-state index contributed by atoms with van der Waals surface area (Å²) in [5.74, 6) is 0.643. The van der Waals surface area contributed by atoms with Crippen molar-refractivity contribution in [2.24, 2.45) is 0 Å². The summed E-state index contributed by atoms with van der Waals surface area (Å²) in [5.41, 5.74) is 4.28. The Labute approximate surface area is 175 Å². The number of thioether (sulfide) groups is 1. The highest BCUT2D eigenvalue weighted by molar-refractivity contribution is 8.13. The first-order chi connectivity index (χ1) is 13.3. The number of benzene rings is 2. The van der Waals surface area contributed by atoms with Crippen molar-refractivity contribution in [2.45, 2.75) is 38.5 Å². The Morgan fingerprint density at radius 3 is 2.11 bits per heavy atom. The maximum Gasteiger partial charge on any atom is 0.325 e. The van der Waals surface area contributed by atoms with Crippen molar-refractivity contribution >= 4 is 40.7 Å². The van der Waals surface area contributed by atoms with E-state index in [-0.39, 0.29) is 16.7 Å². The van der Waals surface area contributed by atoms with Crippen LogP contribution in [0.15, 0.2) is 48.5 Å². The largest absolute Gasteiger partial charge is 0.333 e. The Balaban J connectivity index is 1.70. The highest BCUT2D eigenvalue weighted by Gasteiger charge is 2.12. The third kappa shape index (κ3) is 7.48. The van der Waals surface area contributed by atoms with Crippen molar-refractivity contribution in [1.29, 1.82) is 0 Å². The third-order valence-electron chi connectivity index (χ3n) is 4.06. The van der Waals surface area contributed by atoms with Gasteiger partial charge in [-0.25, -0.2) is 4.79 Å². The van der Waals surface area contributed by atoms with Crippen LogP contribution in [0.5, 0.6) is 0 Å². The molecule has 0 spiro atoms. The van der Waals surface area contributed by atoms with Crippen molar-refractivity contribution < 1.29 is 9.59 Å². The molecule has 0 unspecified atom stereocenters. The lowest BCUT2D eigenvalue weighted by atomic mass is 9.87. The molecule has 7 heteroatoms. The molecule has 0 aromatic heterocycles. The van der Waals surface area contributed by atoms with Gasteiger partial charge in [-0.15, -0.1) is 0 Å². The standard InChI is InChI=1S/C21H27N3O2S2/c1-21(2,3)17-9-5-15(6-10-17)13-22-19(25)24-28-14-16-7-11-18(12-8-16)23-20(26)27-4/h5-12H,13-14H2,1-4H3,(H,23,26)(H2,22,24,25). The molecule has 2 aromatic carbocycles. The average molecular weight is 418 g/mol. The van der Waals surface area contributed by atoms with Gasteiger partial charge >= 0.3 is 6.03 Å². The predicted octanol–water partition coefficient (Wildman–Crippen LogP) is 5.53. The van der Waals surface area contributed by atoms with E-state index in [2.05, 4.69) is 48.3 Å². The average Bonchev–Trinajstić information content (AvgIpc) is 2.67. The van der Waals surface area contributed by atoms with Crippen LogP contribution in [0.3, 0.4) is 0 Å². The monoisotopic (exact) mass is 417 g/mol. The molecular formula is C21H27N3O2S2. The van der Waals surface area contributed by atoms with E-state index in [9.17, 15) is 9.59 Å². The summed E-state index contributed by atoms with van der Waals surface area (Å²) in [6.45, 7) is 7.02. The zero-order valence-electron chi connectivity index (χ0n) is 16.7. The summed E-state index contributed by atoms with van der Waals surface area (Å²) < 4.78 is 2.79. The fourth-order valence-electron chi connectivity index (χ4n) is 2.38. The fraction of sp³-hybridized carbons (Fsp3) is 0.333. The summed E-state index contributed by atoms with van der Waals surface area (Å²) in [6, 6.07) is 15.7. The van der Waals surface area contributed by atoms with Gasteiger partial charge in [0, 0.05) is 18.0 Å². The van der Waals surface area contributed by atoms with Gasteiger partial charge in [-0.1, -0.05) is 68.9 Å². The predicted molar refractivity (Wildman–Crippen MR) is 121 cm³/mol. The molecule has 0 radical (unpaired) electrons. The highest BCUT2D eigenvalue weighted by atomic mass is 32.2. The Morgan fingerprint density at radius 1 is 0.929 bits per heavy atom. The van der Waals surface area contributed by atoms with Gasteiger partial charge in [0.2, 0.25) is 0 Å². The Hall–Kier alpha value is -2.12. The van der Waals surface area contributed by atoms with E-state index in [1.54, 1.807) is 6.26 Å². The van der Waals surface area contributed by atoms with Crippen molar-refractivity contribution in [3.8, 4) is 0 Å². The molecule has 150 valence electrons. The number of anilines is 1. The lowest BCUT2D eigenvalue weighted by Crippen LogP contribution is -2.30. The quantitative estimate of drug-likeness (QED) is 0.541. The molecule has 0 aliphatic carbocycles. The summed E-state index contributed by atoms with van der Waals surface area (Å²) in [4.78, 5) is 23.3. The maximum atomic E-state index is 11.9. The summed E-state index contributed by atoms with van der Waals surface area (Å²) >= 11 is 2.46. The minimum atomic E-state index is -0.214. The number of nitrogens with one attached hydrogen (secondary N) is 3. The number of carbonyl (C=O) groups excluding carboxylic acids is 2. The number of rotatable bonds is 6. The first-order valence-electron chi connectivity index (χ1n) is 8.97. The van der Waals surface area contributed by atoms with Crippen LogP contribution in [-0.2, 0) is 17.7 Å². The summed E-state index contributed by atoms with van der Waals surface area (Å²) in [5, 5.41) is 5.54. The first-order valence-corrected chi connectivity index (χ1v) is 11.2. The van der Waals surface area contributed by atoms with Crippen LogP contribution in [0.1, 0.15) is 37.5 Å². The van der Waals surface area contributed by atoms with E-state index in [0.717, 1.165) is 28.6 Å². The molecule has 5 nitrogen and oxygen atoms in total. The number of hydrogen-bond acceptors (Lipinski definition) is 4. The van der Waals surface area contributed by atoms with E-state index in [0.29, 0.717) is 12.3 Å². The maximum absolute atomic E-state index is 11.9. The van der Waals surface area contributed by atoms with E-state index >= 15 is 0 Å². The van der Waals surface area contributed by atoms with E-state index < -0.39 is 0 Å². The molecule has 0 fully saturated rings. The van der Waals surface area contributed by atoms with Crippen LogP contribution in [0.25, 0.3) is 0 Å². The third-order valence-corrected chi connectivity index (χ3v) is 5.34. The minimum absolute atomic E-state index is 0.0893. The highest BCUT2D eigenvalue weighted by Crippen LogP contribution is 2.22. The molecule has 28 heavy (non-hydrogen) atoms. The van der Waals surface area contributed by atoms with Crippen molar-refractivity contribution in [2.75, 3.05) is 11.6 Å². The number of carbonyl (C=O) groups is 2. The number of hydrogen-bond donors (Lipinski definition) is 3. The van der Waals surface area contributed by atoms with Gasteiger partial charge in [-0.2, -0.15) is 0 Å². The molecule has 0 heterocycles. The second-order valence-electron chi connectivity index (χ2n) is 7.33. The van der Waals surface area contributed by atoms with Crippen molar-refractivity contribution in [1.82, 2.24) is 10.0 Å². The number of urea groups is 1. The van der Waals surface area contributed by atoms with Gasteiger partial charge < -0.3 is 10.6 Å². The van der Waals surface area contributed by atoms with E-state index in [1.165, 1.54) is 17.5 Å². The Morgan fingerprint density at radius 2 is 1.54 bits per heavy atom. The molecule has 0 saturated carbocycles. The van der Waals surface area contributed by atoms with Crippen LogP contribution >= 0.6 is 23.7 Å². The number of amides is 3. The van der Waals surface area contributed by atoms with Gasteiger partial charge in [0.25, 0.3) is 5.24 Å². The van der Waals surface area contributed by atoms with Gasteiger partial charge in [0.1, 0.15) is 0 Å². The lowest BCUT2D eigenvalue weighted by Gasteiger charge is -2.19. The van der Waals surface area contributed by atoms with Gasteiger partial charge in [0.05, 0.1) is 0 Å². The van der Waals surface area contributed by atoms with Crippen LogP contribution in [0.2, 0.25) is 0 Å². The Kier molecular flexibility index (Phi) is 8.26. The minimum Gasteiger partial charge on any atom is -0.333 e. The van der Waals surface area contributed by atoms with Crippen LogP contribution < -0.4 is 15.4 Å². The molecule has 0 aliphatic rings. The summed E-state index contributed by atoms with van der Waals surface area (Å²) in [6.07, 6.45) is 1.73. The van der Waals surface area contributed by atoms with E-state index in [4.69, 9.17) is 0 Å². The second-order valence-corrected chi connectivity index (χ2v) is 8.89. The zero-order chi connectivity index (χ0) is 20.6. The molecule has 2 aromatic rings. The van der Waals surface area contributed by atoms with Crippen LogP contribution in [0.4, 0.5) is 15.3 Å². The molecule has 0 bridgehead atoms. The molecular weight excluding hydrogens is 390 g/mol. The normalized spacial score (nSPS) is 11.0. The smallest absolute Gasteiger partial charge is 0.325 e. The van der Waals surface area contributed by atoms with Crippen molar-refractivity contribution in [3.63, 3.8) is 0 Å². The van der Waals surface area contributed by atoms with Gasteiger partial charge in [-0.05, 0) is 52.4 Å². The SMILES string of the molecule is CSC(=O)Nc1ccc(CSNC(=O)NCc2ccc(C(C)(C)C)cc2)cc1. The molecule has 3 amide bonds.